The predicted octanol–water partition coefficient (Wildman–Crippen LogP) is 1.49. The highest BCUT2D eigenvalue weighted by Crippen LogP contribution is 2.14. The van der Waals surface area contributed by atoms with Gasteiger partial charge in [0.2, 0.25) is 0 Å². The van der Waals surface area contributed by atoms with E-state index in [0.717, 1.165) is 6.07 Å². The van der Waals surface area contributed by atoms with E-state index in [1.165, 1.54) is 6.07 Å². The van der Waals surface area contributed by atoms with Crippen LogP contribution in [0.5, 0.6) is 0 Å². The average molecular weight is 168 g/mol. The highest BCUT2D eigenvalue weighted by molar-refractivity contribution is 5.25. The summed E-state index contributed by atoms with van der Waals surface area (Å²) in [4.78, 5) is 0. The fourth-order valence-corrected chi connectivity index (χ4v) is 0.823. The van der Waals surface area contributed by atoms with Gasteiger partial charge in [0.05, 0.1) is 6.07 Å². The topological polar surface area (TPSA) is 49.8 Å². The molecule has 0 fully saturated rings. The molecule has 1 rings (SSSR count). The largest absolute Gasteiger partial charge is 0.312 e. The Balaban J connectivity index is 3.11. The van der Waals surface area contributed by atoms with Crippen LogP contribution in [-0.2, 0) is 0 Å². The summed E-state index contributed by atoms with van der Waals surface area (Å²) < 4.78 is 25.2. The number of nitrogens with zero attached hydrogens (tertiary/aromatic N) is 1. The van der Waals surface area contributed by atoms with Crippen LogP contribution in [0.2, 0.25) is 0 Å². The fraction of sp³-hybridized carbons (Fsp3) is 0.125. The van der Waals surface area contributed by atoms with E-state index in [0.29, 0.717) is 6.07 Å². The Kier molecular flexibility index (Phi) is 2.36. The van der Waals surface area contributed by atoms with Crippen LogP contribution in [0.1, 0.15) is 11.6 Å². The Hall–Kier alpha value is -1.47. The number of benzene rings is 1. The van der Waals surface area contributed by atoms with Gasteiger partial charge in [-0.25, -0.2) is 8.78 Å². The Morgan fingerprint density at radius 3 is 2.58 bits per heavy atom. The molecule has 1 aromatic carbocycles. The molecule has 0 amide bonds. The molecule has 0 aliphatic rings. The summed E-state index contributed by atoms with van der Waals surface area (Å²) in [5.41, 5.74) is 5.23. The zero-order valence-electron chi connectivity index (χ0n) is 6.09. The second-order valence-corrected chi connectivity index (χ2v) is 2.27. The molecule has 0 radical (unpaired) electrons. The lowest BCUT2D eigenvalue weighted by Gasteiger charge is -2.03. The molecule has 4 heteroatoms. The Morgan fingerprint density at radius 2 is 2.08 bits per heavy atom. The molecule has 0 aliphatic carbocycles. The first-order chi connectivity index (χ1) is 5.65. The third-order valence-corrected chi connectivity index (χ3v) is 1.44. The van der Waals surface area contributed by atoms with Gasteiger partial charge in [-0.2, -0.15) is 5.26 Å². The van der Waals surface area contributed by atoms with E-state index in [1.807, 2.05) is 0 Å². The molecule has 1 unspecified atom stereocenters. The maximum absolute atomic E-state index is 12.8. The van der Waals surface area contributed by atoms with Crippen molar-refractivity contribution in [2.75, 3.05) is 0 Å². The van der Waals surface area contributed by atoms with Crippen molar-refractivity contribution < 1.29 is 8.78 Å². The van der Waals surface area contributed by atoms with E-state index in [1.54, 1.807) is 6.07 Å². The number of nitrogens with two attached hydrogens (primary N) is 1. The van der Waals surface area contributed by atoms with Crippen LogP contribution in [-0.4, -0.2) is 0 Å². The lowest BCUT2D eigenvalue weighted by Crippen LogP contribution is -2.09. The van der Waals surface area contributed by atoms with Gasteiger partial charge in [-0.3, -0.25) is 0 Å². The van der Waals surface area contributed by atoms with Crippen molar-refractivity contribution in [3.8, 4) is 6.07 Å². The molecule has 0 aliphatic heterocycles. The molecular weight excluding hydrogens is 162 g/mol. The van der Waals surface area contributed by atoms with Crippen LogP contribution < -0.4 is 5.73 Å². The lowest BCUT2D eigenvalue weighted by atomic mass is 10.1. The molecule has 0 bridgehead atoms. The van der Waals surface area contributed by atoms with Gasteiger partial charge < -0.3 is 5.73 Å². The molecule has 2 nitrogen and oxygen atoms in total. The summed E-state index contributed by atoms with van der Waals surface area (Å²) in [6.45, 7) is 0. The molecule has 1 aromatic rings. The summed E-state index contributed by atoms with van der Waals surface area (Å²) in [5.74, 6) is -1.47. The number of halogens is 2. The van der Waals surface area contributed by atoms with Crippen molar-refractivity contribution in [2.24, 2.45) is 5.73 Å². The number of hydrogen-bond donors (Lipinski definition) is 1. The van der Waals surface area contributed by atoms with Crippen molar-refractivity contribution in [3.63, 3.8) is 0 Å². The molecule has 2 N–H and O–H groups in total. The number of nitriles is 1. The van der Waals surface area contributed by atoms with Crippen molar-refractivity contribution >= 4 is 0 Å². The molecule has 62 valence electrons. The Labute approximate surface area is 68.2 Å². The van der Waals surface area contributed by atoms with E-state index in [-0.39, 0.29) is 5.56 Å². The minimum atomic E-state index is -1.04. The van der Waals surface area contributed by atoms with Gasteiger partial charge in [0.1, 0.15) is 17.7 Å². The second kappa shape index (κ2) is 3.28. The Morgan fingerprint density at radius 1 is 1.42 bits per heavy atom. The molecular formula is C8H6F2N2. The minimum Gasteiger partial charge on any atom is -0.312 e. The highest BCUT2D eigenvalue weighted by atomic mass is 19.1. The highest BCUT2D eigenvalue weighted by Gasteiger charge is 2.10. The van der Waals surface area contributed by atoms with E-state index in [4.69, 9.17) is 11.0 Å². The quantitative estimate of drug-likeness (QED) is 0.690. The molecule has 0 saturated heterocycles. The molecule has 0 saturated carbocycles. The number of hydrogen-bond acceptors (Lipinski definition) is 2. The summed E-state index contributed by atoms with van der Waals surface area (Å²) in [6, 6.07) is 3.55. The normalized spacial score (nSPS) is 12.2. The third-order valence-electron chi connectivity index (χ3n) is 1.44. The van der Waals surface area contributed by atoms with Gasteiger partial charge in [0.25, 0.3) is 0 Å². The van der Waals surface area contributed by atoms with Gasteiger partial charge in [-0.15, -0.1) is 0 Å². The van der Waals surface area contributed by atoms with Crippen LogP contribution in [0, 0.1) is 23.0 Å². The molecule has 1 atom stereocenters. The van der Waals surface area contributed by atoms with Crippen LogP contribution in [0.3, 0.4) is 0 Å². The fourth-order valence-electron chi connectivity index (χ4n) is 0.823. The van der Waals surface area contributed by atoms with E-state index < -0.39 is 17.7 Å². The van der Waals surface area contributed by atoms with Gasteiger partial charge in [0.15, 0.2) is 0 Å². The first-order valence-corrected chi connectivity index (χ1v) is 3.25. The van der Waals surface area contributed by atoms with E-state index >= 15 is 0 Å². The van der Waals surface area contributed by atoms with Crippen LogP contribution in [0.15, 0.2) is 18.2 Å². The maximum atomic E-state index is 12.8. The standard InChI is InChI=1S/C8H6F2N2/c9-5-1-2-6(7(10)3-5)8(12)4-11/h1-3,8H,12H2. The predicted molar refractivity (Wildman–Crippen MR) is 38.9 cm³/mol. The average Bonchev–Trinajstić information content (AvgIpc) is 2.03. The van der Waals surface area contributed by atoms with Gasteiger partial charge in [0, 0.05) is 11.6 Å². The van der Waals surface area contributed by atoms with Crippen molar-refractivity contribution in [1.29, 1.82) is 5.26 Å². The smallest absolute Gasteiger partial charge is 0.131 e. The van der Waals surface area contributed by atoms with Gasteiger partial charge in [-0.05, 0) is 6.07 Å². The summed E-state index contributed by atoms with van der Waals surface area (Å²) >= 11 is 0. The minimum absolute atomic E-state index is 0.0129. The van der Waals surface area contributed by atoms with E-state index in [2.05, 4.69) is 0 Å². The summed E-state index contributed by atoms with van der Waals surface area (Å²) in [7, 11) is 0. The van der Waals surface area contributed by atoms with Crippen molar-refractivity contribution in [2.45, 2.75) is 6.04 Å². The maximum Gasteiger partial charge on any atom is 0.131 e. The zero-order valence-corrected chi connectivity index (χ0v) is 6.09. The lowest BCUT2D eigenvalue weighted by molar-refractivity contribution is 0.568. The van der Waals surface area contributed by atoms with Crippen molar-refractivity contribution in [1.82, 2.24) is 0 Å². The van der Waals surface area contributed by atoms with Gasteiger partial charge in [-0.1, -0.05) is 6.07 Å². The monoisotopic (exact) mass is 168 g/mol. The second-order valence-electron chi connectivity index (χ2n) is 2.27. The van der Waals surface area contributed by atoms with Gasteiger partial charge >= 0.3 is 0 Å². The zero-order chi connectivity index (χ0) is 9.14. The van der Waals surface area contributed by atoms with Crippen LogP contribution in [0.4, 0.5) is 8.78 Å². The molecule has 0 heterocycles. The Bertz CT molecular complexity index is 330. The van der Waals surface area contributed by atoms with Crippen LogP contribution >= 0.6 is 0 Å². The SMILES string of the molecule is N#CC(N)c1ccc(F)cc1F. The molecule has 0 aromatic heterocycles. The number of rotatable bonds is 1. The van der Waals surface area contributed by atoms with Crippen LogP contribution in [0.25, 0.3) is 0 Å². The van der Waals surface area contributed by atoms with Crippen molar-refractivity contribution in [3.05, 3.63) is 35.4 Å². The first kappa shape index (κ1) is 8.62. The summed E-state index contributed by atoms with van der Waals surface area (Å²) in [5, 5.41) is 8.35. The summed E-state index contributed by atoms with van der Waals surface area (Å²) in [6.07, 6.45) is 0. The van der Waals surface area contributed by atoms with E-state index in [9.17, 15) is 8.78 Å². The third kappa shape index (κ3) is 1.57. The first-order valence-electron chi connectivity index (χ1n) is 3.25. The molecule has 0 spiro atoms. The molecule has 12 heavy (non-hydrogen) atoms.